The Morgan fingerprint density at radius 2 is 1.19 bits per heavy atom. The van der Waals surface area contributed by atoms with Gasteiger partial charge in [0.1, 0.15) is 5.41 Å². The van der Waals surface area contributed by atoms with Crippen molar-refractivity contribution in [3.63, 3.8) is 0 Å². The summed E-state index contributed by atoms with van der Waals surface area (Å²) in [4.78, 5) is 16.1. The van der Waals surface area contributed by atoms with E-state index in [4.69, 9.17) is 0 Å². The predicted octanol–water partition coefficient (Wildman–Crippen LogP) is 6.32. The van der Waals surface area contributed by atoms with Gasteiger partial charge in [-0.1, -0.05) is 110 Å². The molecule has 2 heteroatoms. The summed E-state index contributed by atoms with van der Waals surface area (Å²) in [5.74, 6) is 0.114. The number of β-lactam (4-membered cyclic amide) rings is 1. The van der Waals surface area contributed by atoms with E-state index in [1.807, 2.05) is 59.5 Å². The molecule has 0 N–H and O–H groups in total. The van der Waals surface area contributed by atoms with E-state index in [2.05, 4.69) is 67.6 Å². The fourth-order valence-corrected chi connectivity index (χ4v) is 4.87. The summed E-state index contributed by atoms with van der Waals surface area (Å²) in [5, 5.41) is 0. The highest BCUT2D eigenvalue weighted by Crippen LogP contribution is 2.57. The third-order valence-electron chi connectivity index (χ3n) is 6.42. The van der Waals surface area contributed by atoms with Gasteiger partial charge in [-0.05, 0) is 40.8 Å². The van der Waals surface area contributed by atoms with Crippen LogP contribution in [0.4, 0.5) is 5.69 Å². The van der Waals surface area contributed by atoms with Crippen LogP contribution in [0.1, 0.15) is 35.2 Å². The van der Waals surface area contributed by atoms with Gasteiger partial charge in [-0.15, -0.1) is 0 Å². The fraction of sp³-hybridized carbons (Fsp3) is 0.138. The van der Waals surface area contributed by atoms with Crippen LogP contribution >= 0.6 is 0 Å². The molecule has 0 aromatic heterocycles. The molecular formula is C29H25NO. The van der Waals surface area contributed by atoms with E-state index in [1.54, 1.807) is 0 Å². The molecule has 0 bridgehead atoms. The summed E-state index contributed by atoms with van der Waals surface area (Å²) < 4.78 is 0. The summed E-state index contributed by atoms with van der Waals surface area (Å²) in [5.41, 5.74) is 4.65. The van der Waals surface area contributed by atoms with E-state index in [-0.39, 0.29) is 11.9 Å². The second kappa shape index (κ2) is 7.88. The number of benzene rings is 4. The molecule has 4 aromatic carbocycles. The van der Waals surface area contributed by atoms with Crippen LogP contribution in [-0.4, -0.2) is 5.91 Å². The Morgan fingerprint density at radius 1 is 0.677 bits per heavy atom. The highest BCUT2D eigenvalue weighted by molar-refractivity contribution is 6.12. The van der Waals surface area contributed by atoms with Gasteiger partial charge in [-0.2, -0.15) is 0 Å². The number of hydrogen-bond acceptors (Lipinski definition) is 1. The topological polar surface area (TPSA) is 20.3 Å². The Balaban J connectivity index is 1.76. The SMILES string of the molecule is CCc1ccc(C2(c3ccccc3)C(=O)N(c3ccccc3)C2c2ccccc2)cc1. The maximum Gasteiger partial charge on any atom is 0.245 e. The number of para-hydroxylation sites is 1. The number of rotatable bonds is 5. The molecule has 2 nitrogen and oxygen atoms in total. The number of amides is 1. The summed E-state index contributed by atoms with van der Waals surface area (Å²) in [6.07, 6.45) is 0.977. The molecule has 1 aliphatic heterocycles. The minimum Gasteiger partial charge on any atom is -0.302 e. The molecule has 0 aliphatic carbocycles. The van der Waals surface area contributed by atoms with Gasteiger partial charge in [-0.25, -0.2) is 0 Å². The average molecular weight is 404 g/mol. The molecule has 4 aromatic rings. The van der Waals surface area contributed by atoms with Crippen LogP contribution in [-0.2, 0) is 16.6 Å². The highest BCUT2D eigenvalue weighted by Gasteiger charge is 2.63. The minimum atomic E-state index is -0.759. The smallest absolute Gasteiger partial charge is 0.245 e. The molecule has 1 heterocycles. The molecule has 0 spiro atoms. The lowest BCUT2D eigenvalue weighted by Crippen LogP contribution is -2.67. The zero-order chi connectivity index (χ0) is 21.3. The first-order valence-corrected chi connectivity index (χ1v) is 10.9. The van der Waals surface area contributed by atoms with Gasteiger partial charge in [0.25, 0.3) is 0 Å². The molecule has 5 rings (SSSR count). The first-order valence-electron chi connectivity index (χ1n) is 10.9. The van der Waals surface area contributed by atoms with Gasteiger partial charge in [0.2, 0.25) is 5.91 Å². The van der Waals surface area contributed by atoms with Crippen molar-refractivity contribution in [2.45, 2.75) is 24.8 Å². The van der Waals surface area contributed by atoms with Crippen molar-refractivity contribution in [2.75, 3.05) is 4.90 Å². The van der Waals surface area contributed by atoms with E-state index in [0.717, 1.165) is 28.8 Å². The highest BCUT2D eigenvalue weighted by atomic mass is 16.2. The number of hydrogen-bond donors (Lipinski definition) is 0. The third-order valence-corrected chi connectivity index (χ3v) is 6.42. The second-order valence-corrected chi connectivity index (χ2v) is 8.05. The van der Waals surface area contributed by atoms with Crippen LogP contribution in [0, 0.1) is 0 Å². The fourth-order valence-electron chi connectivity index (χ4n) is 4.87. The van der Waals surface area contributed by atoms with Crippen LogP contribution in [0.5, 0.6) is 0 Å². The third kappa shape index (κ3) is 2.98. The maximum absolute atomic E-state index is 14.1. The molecule has 0 radical (unpaired) electrons. The molecular weight excluding hydrogens is 378 g/mol. The predicted molar refractivity (Wildman–Crippen MR) is 126 cm³/mol. The number of anilines is 1. The first-order chi connectivity index (χ1) is 15.3. The lowest BCUT2D eigenvalue weighted by molar-refractivity contribution is -0.131. The van der Waals surface area contributed by atoms with Crippen molar-refractivity contribution in [2.24, 2.45) is 0 Å². The molecule has 1 fully saturated rings. The lowest BCUT2D eigenvalue weighted by atomic mass is 9.59. The van der Waals surface area contributed by atoms with Crippen molar-refractivity contribution in [1.29, 1.82) is 0 Å². The summed E-state index contributed by atoms with van der Waals surface area (Å²) in [6, 6.07) is 39.1. The minimum absolute atomic E-state index is 0.114. The van der Waals surface area contributed by atoms with Crippen molar-refractivity contribution >= 4 is 11.6 Å². The van der Waals surface area contributed by atoms with Crippen LogP contribution in [0.25, 0.3) is 0 Å². The molecule has 1 saturated heterocycles. The van der Waals surface area contributed by atoms with E-state index in [1.165, 1.54) is 5.56 Å². The Morgan fingerprint density at radius 3 is 1.77 bits per heavy atom. The Kier molecular flexibility index (Phi) is 4.91. The molecule has 2 atom stereocenters. The standard InChI is InChI=1S/C29H25NO/c1-2-22-18-20-25(21-19-22)29(24-14-8-4-9-15-24)27(23-12-6-3-7-13-23)30(28(29)31)26-16-10-5-11-17-26/h3-21,27H,2H2,1H3. The lowest BCUT2D eigenvalue weighted by Gasteiger charge is -2.57. The van der Waals surface area contributed by atoms with Gasteiger partial charge in [-0.3, -0.25) is 4.79 Å². The number of carbonyl (C=O) groups excluding carboxylic acids is 1. The van der Waals surface area contributed by atoms with E-state index >= 15 is 0 Å². The van der Waals surface area contributed by atoms with Crippen molar-refractivity contribution in [3.05, 3.63) is 138 Å². The Hall–Kier alpha value is -3.65. The van der Waals surface area contributed by atoms with Gasteiger partial charge in [0.05, 0.1) is 6.04 Å². The van der Waals surface area contributed by atoms with Crippen molar-refractivity contribution in [1.82, 2.24) is 0 Å². The van der Waals surface area contributed by atoms with Gasteiger partial charge in [0, 0.05) is 5.69 Å². The van der Waals surface area contributed by atoms with E-state index in [0.29, 0.717) is 0 Å². The normalized spacial score (nSPS) is 20.4. The van der Waals surface area contributed by atoms with Crippen LogP contribution in [0.2, 0.25) is 0 Å². The number of carbonyl (C=O) groups is 1. The molecule has 0 saturated carbocycles. The van der Waals surface area contributed by atoms with E-state index in [9.17, 15) is 4.79 Å². The van der Waals surface area contributed by atoms with Gasteiger partial charge in [0.15, 0.2) is 0 Å². The molecule has 31 heavy (non-hydrogen) atoms. The quantitative estimate of drug-likeness (QED) is 0.357. The second-order valence-electron chi connectivity index (χ2n) is 8.05. The summed E-state index contributed by atoms with van der Waals surface area (Å²) in [6.45, 7) is 2.15. The van der Waals surface area contributed by atoms with Gasteiger partial charge >= 0.3 is 0 Å². The zero-order valence-corrected chi connectivity index (χ0v) is 17.6. The van der Waals surface area contributed by atoms with Gasteiger partial charge < -0.3 is 4.90 Å². The van der Waals surface area contributed by atoms with Crippen molar-refractivity contribution in [3.8, 4) is 0 Å². The van der Waals surface area contributed by atoms with Crippen LogP contribution in [0.3, 0.4) is 0 Å². The molecule has 1 aliphatic rings. The molecule has 1 amide bonds. The summed E-state index contributed by atoms with van der Waals surface area (Å²) in [7, 11) is 0. The van der Waals surface area contributed by atoms with Crippen LogP contribution in [0.15, 0.2) is 115 Å². The van der Waals surface area contributed by atoms with Crippen LogP contribution < -0.4 is 4.90 Å². The largest absolute Gasteiger partial charge is 0.302 e. The Bertz CT molecular complexity index is 1170. The monoisotopic (exact) mass is 403 g/mol. The van der Waals surface area contributed by atoms with E-state index < -0.39 is 5.41 Å². The van der Waals surface area contributed by atoms with Crippen molar-refractivity contribution < 1.29 is 4.79 Å². The number of nitrogens with zero attached hydrogens (tertiary/aromatic N) is 1. The maximum atomic E-state index is 14.1. The number of aryl methyl sites for hydroxylation is 1. The average Bonchev–Trinajstić information content (AvgIpc) is 2.85. The first kappa shape index (κ1) is 19.3. The molecule has 152 valence electrons. The summed E-state index contributed by atoms with van der Waals surface area (Å²) >= 11 is 0. The molecule has 2 unspecified atom stereocenters. The Labute approximate surface area is 183 Å². The zero-order valence-electron chi connectivity index (χ0n) is 17.6.